The zero-order chi connectivity index (χ0) is 16.4. The number of rotatable bonds is 9. The van der Waals surface area contributed by atoms with Gasteiger partial charge in [0.05, 0.1) is 19.6 Å². The van der Waals surface area contributed by atoms with E-state index < -0.39 is 23.8 Å². The van der Waals surface area contributed by atoms with Crippen molar-refractivity contribution >= 4 is 17.8 Å². The summed E-state index contributed by atoms with van der Waals surface area (Å²) in [5, 5.41) is 2.35. The molecule has 0 aliphatic heterocycles. The van der Waals surface area contributed by atoms with E-state index in [0.29, 0.717) is 0 Å². The molecule has 0 bridgehead atoms. The Morgan fingerprint density at radius 3 is 2.50 bits per heavy atom. The van der Waals surface area contributed by atoms with Crippen LogP contribution >= 0.6 is 0 Å². The van der Waals surface area contributed by atoms with E-state index in [-0.39, 0.29) is 26.2 Å². The molecule has 7 heteroatoms. The lowest BCUT2D eigenvalue weighted by Gasteiger charge is -2.14. The lowest BCUT2D eigenvalue weighted by atomic mass is 10.2. The first-order valence-corrected chi connectivity index (χ1v) is 6.89. The molecule has 1 rings (SSSR count). The van der Waals surface area contributed by atoms with Crippen molar-refractivity contribution < 1.29 is 23.9 Å². The number of carbonyl (C=O) groups excluding carboxylic acids is 3. The highest BCUT2D eigenvalue weighted by atomic mass is 16.5. The number of benzene rings is 1. The molecule has 1 aromatic rings. The van der Waals surface area contributed by atoms with Crippen LogP contribution in [0.4, 0.5) is 0 Å². The smallest absolute Gasteiger partial charge is 0.308 e. The molecule has 1 aromatic carbocycles. The molecule has 0 saturated heterocycles. The van der Waals surface area contributed by atoms with Gasteiger partial charge in [-0.1, -0.05) is 30.3 Å². The summed E-state index contributed by atoms with van der Waals surface area (Å²) in [6, 6.07) is 8.23. The number of hydrogen-bond donors (Lipinski definition) is 2. The highest BCUT2D eigenvalue weighted by Crippen LogP contribution is 2.00. The van der Waals surface area contributed by atoms with E-state index in [9.17, 15) is 14.4 Å². The third-order valence-electron chi connectivity index (χ3n) is 2.70. The van der Waals surface area contributed by atoms with E-state index in [1.807, 2.05) is 30.3 Å². The number of amides is 2. The molecule has 3 N–H and O–H groups in total. The number of primary amides is 1. The Bertz CT molecular complexity index is 504. The van der Waals surface area contributed by atoms with Gasteiger partial charge in [-0.25, -0.2) is 0 Å². The Hall–Kier alpha value is -2.41. The normalized spacial score (nSPS) is 11.5. The van der Waals surface area contributed by atoms with Crippen LogP contribution in [0.25, 0.3) is 0 Å². The fraction of sp³-hybridized carbons (Fsp3) is 0.400. The van der Waals surface area contributed by atoms with Crippen LogP contribution in [0.3, 0.4) is 0 Å². The lowest BCUT2D eigenvalue weighted by molar-refractivity contribution is -0.145. The summed E-state index contributed by atoms with van der Waals surface area (Å²) in [6.45, 7) is 1.88. The fourth-order valence-corrected chi connectivity index (χ4v) is 1.68. The van der Waals surface area contributed by atoms with Gasteiger partial charge in [-0.15, -0.1) is 0 Å². The van der Waals surface area contributed by atoms with E-state index in [1.54, 1.807) is 6.92 Å². The average molecular weight is 308 g/mol. The molecule has 0 heterocycles. The number of nitrogens with two attached hydrogens (primary N) is 1. The molecule has 0 radical (unpaired) electrons. The molecule has 0 aliphatic rings. The van der Waals surface area contributed by atoms with Crippen molar-refractivity contribution in [3.8, 4) is 0 Å². The number of hydrogen-bond acceptors (Lipinski definition) is 5. The first kappa shape index (κ1) is 17.6. The molecule has 2 amide bonds. The predicted molar refractivity (Wildman–Crippen MR) is 78.5 cm³/mol. The molecule has 0 spiro atoms. The first-order valence-electron chi connectivity index (χ1n) is 6.89. The maximum Gasteiger partial charge on any atom is 0.308 e. The second-order valence-corrected chi connectivity index (χ2v) is 4.51. The van der Waals surface area contributed by atoms with Crippen LogP contribution < -0.4 is 11.1 Å². The lowest BCUT2D eigenvalue weighted by Crippen LogP contribution is -2.47. The molecule has 0 fully saturated rings. The van der Waals surface area contributed by atoms with Crippen molar-refractivity contribution in [3.05, 3.63) is 35.9 Å². The standard InChI is InChI=1S/C15H20N2O5/c1-2-22-14(19)8-12(15(16)20)17-13(18)10-21-9-11-6-4-3-5-7-11/h3-7,12H,2,8-10H2,1H3,(H2,16,20)(H,17,18)/t12-/m0/s1. The topological polar surface area (TPSA) is 108 Å². The molecule has 0 aromatic heterocycles. The Balaban J connectivity index is 2.37. The first-order chi connectivity index (χ1) is 10.5. The monoisotopic (exact) mass is 308 g/mol. The van der Waals surface area contributed by atoms with Gasteiger partial charge in [-0.05, 0) is 12.5 Å². The summed E-state index contributed by atoms with van der Waals surface area (Å²) in [4.78, 5) is 34.2. The SMILES string of the molecule is CCOC(=O)C[C@H](NC(=O)COCc1ccccc1)C(N)=O. The van der Waals surface area contributed by atoms with E-state index in [2.05, 4.69) is 5.32 Å². The molecule has 0 unspecified atom stereocenters. The second-order valence-electron chi connectivity index (χ2n) is 4.51. The van der Waals surface area contributed by atoms with Gasteiger partial charge in [-0.3, -0.25) is 14.4 Å². The molecule has 120 valence electrons. The van der Waals surface area contributed by atoms with Crippen LogP contribution in [0.1, 0.15) is 18.9 Å². The van der Waals surface area contributed by atoms with Crippen LogP contribution in [0, 0.1) is 0 Å². The highest BCUT2D eigenvalue weighted by Gasteiger charge is 2.22. The van der Waals surface area contributed by atoms with Gasteiger partial charge in [0, 0.05) is 0 Å². The van der Waals surface area contributed by atoms with Crippen LogP contribution in [0.5, 0.6) is 0 Å². The van der Waals surface area contributed by atoms with E-state index in [4.69, 9.17) is 15.2 Å². The Morgan fingerprint density at radius 2 is 1.91 bits per heavy atom. The average Bonchev–Trinajstić information content (AvgIpc) is 2.48. The van der Waals surface area contributed by atoms with Crippen molar-refractivity contribution in [2.75, 3.05) is 13.2 Å². The van der Waals surface area contributed by atoms with E-state index in [0.717, 1.165) is 5.56 Å². The van der Waals surface area contributed by atoms with Gasteiger partial charge in [0.15, 0.2) is 0 Å². The van der Waals surface area contributed by atoms with Gasteiger partial charge in [0.1, 0.15) is 12.6 Å². The molecular formula is C15H20N2O5. The van der Waals surface area contributed by atoms with E-state index >= 15 is 0 Å². The summed E-state index contributed by atoms with van der Waals surface area (Å²) < 4.78 is 9.95. The summed E-state index contributed by atoms with van der Waals surface area (Å²) in [6.07, 6.45) is -0.298. The highest BCUT2D eigenvalue weighted by molar-refractivity contribution is 5.90. The number of carbonyl (C=O) groups is 3. The molecule has 22 heavy (non-hydrogen) atoms. The van der Waals surface area contributed by atoms with Crippen LogP contribution in [0.2, 0.25) is 0 Å². The summed E-state index contributed by atoms with van der Waals surface area (Å²) in [5.41, 5.74) is 6.07. The van der Waals surface area contributed by atoms with Gasteiger partial charge in [0.25, 0.3) is 0 Å². The molecular weight excluding hydrogens is 288 g/mol. The van der Waals surface area contributed by atoms with E-state index in [1.165, 1.54) is 0 Å². The van der Waals surface area contributed by atoms with Crippen molar-refractivity contribution in [1.82, 2.24) is 5.32 Å². The maximum absolute atomic E-state index is 11.7. The number of nitrogens with one attached hydrogen (secondary N) is 1. The minimum atomic E-state index is -1.10. The van der Waals surface area contributed by atoms with Crippen molar-refractivity contribution in [2.24, 2.45) is 5.73 Å². The van der Waals surface area contributed by atoms with Gasteiger partial charge < -0.3 is 20.5 Å². The van der Waals surface area contributed by atoms with Crippen LogP contribution in [-0.4, -0.2) is 37.0 Å². The summed E-state index contributed by atoms with van der Waals surface area (Å²) in [7, 11) is 0. The third-order valence-corrected chi connectivity index (χ3v) is 2.70. The van der Waals surface area contributed by atoms with Gasteiger partial charge in [0.2, 0.25) is 11.8 Å². The van der Waals surface area contributed by atoms with Crippen LogP contribution in [0.15, 0.2) is 30.3 Å². The van der Waals surface area contributed by atoms with Gasteiger partial charge >= 0.3 is 5.97 Å². The quantitative estimate of drug-likeness (QED) is 0.630. The molecule has 7 nitrogen and oxygen atoms in total. The minimum absolute atomic E-state index is 0.193. The maximum atomic E-state index is 11.7. The van der Waals surface area contributed by atoms with Crippen molar-refractivity contribution in [3.63, 3.8) is 0 Å². The predicted octanol–water partition coefficient (Wildman–Crippen LogP) is 0.126. The Morgan fingerprint density at radius 1 is 1.23 bits per heavy atom. The number of ether oxygens (including phenoxy) is 2. The van der Waals surface area contributed by atoms with Crippen molar-refractivity contribution in [2.45, 2.75) is 26.0 Å². The summed E-state index contributed by atoms with van der Waals surface area (Å²) >= 11 is 0. The molecule has 1 atom stereocenters. The molecule has 0 aliphatic carbocycles. The van der Waals surface area contributed by atoms with Crippen LogP contribution in [-0.2, 0) is 30.5 Å². The zero-order valence-electron chi connectivity index (χ0n) is 12.4. The Labute approximate surface area is 128 Å². The largest absolute Gasteiger partial charge is 0.466 e. The number of esters is 1. The van der Waals surface area contributed by atoms with Crippen molar-refractivity contribution in [1.29, 1.82) is 0 Å². The minimum Gasteiger partial charge on any atom is -0.466 e. The second kappa shape index (κ2) is 9.51. The Kier molecular flexibility index (Phi) is 7.63. The fourth-order valence-electron chi connectivity index (χ4n) is 1.68. The van der Waals surface area contributed by atoms with Gasteiger partial charge in [-0.2, -0.15) is 0 Å². The third kappa shape index (κ3) is 6.85. The zero-order valence-corrected chi connectivity index (χ0v) is 12.4. The summed E-state index contributed by atoms with van der Waals surface area (Å²) in [5.74, 6) is -1.93. The molecule has 0 saturated carbocycles.